The molecule has 3 saturated carbocycles. The Morgan fingerprint density at radius 2 is 0.775 bits per heavy atom. The van der Waals surface area contributed by atoms with Gasteiger partial charge in [0.1, 0.15) is 12.2 Å². The summed E-state index contributed by atoms with van der Waals surface area (Å²) in [6.07, 6.45) is 4.20. The van der Waals surface area contributed by atoms with Crippen molar-refractivity contribution in [2.45, 2.75) is 119 Å². The summed E-state index contributed by atoms with van der Waals surface area (Å²) in [6.45, 7) is 16.8. The van der Waals surface area contributed by atoms with Crippen molar-refractivity contribution in [1.82, 2.24) is 0 Å². The predicted octanol–water partition coefficient (Wildman–Crippen LogP) is 5.89. The summed E-state index contributed by atoms with van der Waals surface area (Å²) in [7, 11) is 0. The van der Waals surface area contributed by atoms with Gasteiger partial charge in [0.15, 0.2) is 0 Å². The summed E-state index contributed by atoms with van der Waals surface area (Å²) < 4.78 is 22.9. The molecule has 0 amide bonds. The molecule has 0 aliphatic heterocycles. The van der Waals surface area contributed by atoms with Gasteiger partial charge in [0, 0.05) is 10.8 Å². The van der Waals surface area contributed by atoms with Gasteiger partial charge in [-0.15, -0.1) is 0 Å². The monoisotopic (exact) mass is 564 g/mol. The lowest BCUT2D eigenvalue weighted by Crippen LogP contribution is -2.70. The summed E-state index contributed by atoms with van der Waals surface area (Å²) >= 11 is 0. The highest BCUT2D eigenvalue weighted by Gasteiger charge is 2.66. The Bertz CT molecular complexity index is 818. The number of hydrogen-bond acceptors (Lipinski definition) is 8. The Morgan fingerprint density at radius 1 is 0.525 bits per heavy atom. The third-order valence-electron chi connectivity index (χ3n) is 9.08. The predicted molar refractivity (Wildman–Crippen MR) is 150 cm³/mol. The highest BCUT2D eigenvalue weighted by molar-refractivity contribution is 5.76. The fourth-order valence-corrected chi connectivity index (χ4v) is 6.99. The molecule has 0 heterocycles. The quantitative estimate of drug-likeness (QED) is 0.239. The Labute approximate surface area is 240 Å². The van der Waals surface area contributed by atoms with Crippen molar-refractivity contribution in [1.29, 1.82) is 0 Å². The van der Waals surface area contributed by atoms with Crippen molar-refractivity contribution >= 4 is 23.9 Å². The van der Waals surface area contributed by atoms with Gasteiger partial charge in [0.2, 0.25) is 0 Å². The molecule has 0 saturated heterocycles. The normalized spacial score (nSPS) is 31.1. The van der Waals surface area contributed by atoms with Crippen LogP contribution in [-0.4, -0.2) is 49.3 Å². The second-order valence-corrected chi connectivity index (χ2v) is 14.4. The van der Waals surface area contributed by atoms with E-state index in [2.05, 4.69) is 0 Å². The van der Waals surface area contributed by atoms with Gasteiger partial charge in [0.05, 0.1) is 36.9 Å². The van der Waals surface area contributed by atoms with E-state index in [-0.39, 0.29) is 59.8 Å². The van der Waals surface area contributed by atoms with E-state index in [1.807, 2.05) is 55.4 Å². The molecule has 228 valence electrons. The first-order valence-corrected chi connectivity index (χ1v) is 15.4. The summed E-state index contributed by atoms with van der Waals surface area (Å²) in [5.74, 6) is -0.944. The first-order valence-electron chi connectivity index (χ1n) is 15.4. The molecular formula is C32H52O8. The Morgan fingerprint density at radius 3 is 1.02 bits per heavy atom. The molecule has 0 N–H and O–H groups in total. The maximum atomic E-state index is 13.1. The molecule has 0 atom stereocenters. The summed E-state index contributed by atoms with van der Waals surface area (Å²) in [4.78, 5) is 50.9. The molecule has 0 radical (unpaired) electrons. The standard InChI is InChI=1S/C32H52O8/c1-19(2)17-37-25(33)21-9-13-23(14-10-21)27(35)39-29-31(5,6)30(32(29,7)8)40-28(36)24-15-11-22(12-16-24)26(34)38-18-20(3)4/h19-24,29-30H,9-18H2,1-8H3. The van der Waals surface area contributed by atoms with Crippen molar-refractivity contribution in [2.75, 3.05) is 13.2 Å². The minimum absolute atomic E-state index is 0.149. The fraction of sp³-hybridized carbons (Fsp3) is 0.875. The smallest absolute Gasteiger partial charge is 0.309 e. The Balaban J connectivity index is 1.47. The molecule has 0 aromatic rings. The van der Waals surface area contributed by atoms with Crippen LogP contribution in [0.3, 0.4) is 0 Å². The fourth-order valence-electron chi connectivity index (χ4n) is 6.99. The van der Waals surface area contributed by atoms with Gasteiger partial charge in [-0.2, -0.15) is 0 Å². The lowest BCUT2D eigenvalue weighted by molar-refractivity contribution is -0.271. The Hall–Kier alpha value is -2.12. The second kappa shape index (κ2) is 13.2. The van der Waals surface area contributed by atoms with E-state index in [0.29, 0.717) is 76.4 Å². The van der Waals surface area contributed by atoms with Crippen molar-refractivity contribution in [3.05, 3.63) is 0 Å². The first-order chi connectivity index (χ1) is 18.6. The molecule has 0 spiro atoms. The molecule has 0 unspecified atom stereocenters. The zero-order chi connectivity index (χ0) is 29.8. The summed E-state index contributed by atoms with van der Waals surface area (Å²) in [6, 6.07) is 0. The molecule has 3 rings (SSSR count). The van der Waals surface area contributed by atoms with Crippen LogP contribution in [0, 0.1) is 46.3 Å². The number of rotatable bonds is 10. The van der Waals surface area contributed by atoms with Crippen LogP contribution in [0.15, 0.2) is 0 Å². The topological polar surface area (TPSA) is 105 Å². The van der Waals surface area contributed by atoms with Gasteiger partial charge < -0.3 is 18.9 Å². The van der Waals surface area contributed by atoms with Gasteiger partial charge in [-0.05, 0) is 63.2 Å². The molecule has 8 heteroatoms. The van der Waals surface area contributed by atoms with Crippen molar-refractivity contribution in [3.63, 3.8) is 0 Å². The van der Waals surface area contributed by atoms with E-state index >= 15 is 0 Å². The van der Waals surface area contributed by atoms with Crippen molar-refractivity contribution in [2.24, 2.45) is 46.3 Å². The average molecular weight is 565 g/mol. The van der Waals surface area contributed by atoms with Crippen LogP contribution < -0.4 is 0 Å². The van der Waals surface area contributed by atoms with E-state index < -0.39 is 10.8 Å². The molecule has 3 aliphatic rings. The summed E-state index contributed by atoms with van der Waals surface area (Å²) in [5.41, 5.74) is -1.05. The largest absolute Gasteiger partial charge is 0.465 e. The van der Waals surface area contributed by atoms with Crippen molar-refractivity contribution < 1.29 is 38.1 Å². The van der Waals surface area contributed by atoms with Crippen molar-refractivity contribution in [3.8, 4) is 0 Å². The van der Waals surface area contributed by atoms with E-state index in [4.69, 9.17) is 18.9 Å². The number of ether oxygens (including phenoxy) is 4. The lowest BCUT2D eigenvalue weighted by Gasteiger charge is -2.61. The van der Waals surface area contributed by atoms with Crippen LogP contribution >= 0.6 is 0 Å². The van der Waals surface area contributed by atoms with E-state index in [1.54, 1.807) is 0 Å². The van der Waals surface area contributed by atoms with E-state index in [0.717, 1.165) is 0 Å². The molecule has 8 nitrogen and oxygen atoms in total. The highest BCUT2D eigenvalue weighted by atomic mass is 16.6. The van der Waals surface area contributed by atoms with Gasteiger partial charge in [-0.1, -0.05) is 55.4 Å². The molecule has 3 aliphatic carbocycles. The summed E-state index contributed by atoms with van der Waals surface area (Å²) in [5, 5.41) is 0. The molecule has 0 aromatic carbocycles. The van der Waals surface area contributed by atoms with Crippen LogP contribution in [0.2, 0.25) is 0 Å². The third kappa shape index (κ3) is 7.58. The van der Waals surface area contributed by atoms with Crippen LogP contribution in [0.4, 0.5) is 0 Å². The second-order valence-electron chi connectivity index (χ2n) is 14.4. The maximum Gasteiger partial charge on any atom is 0.309 e. The van der Waals surface area contributed by atoms with Crippen LogP contribution in [0.5, 0.6) is 0 Å². The van der Waals surface area contributed by atoms with Gasteiger partial charge in [-0.25, -0.2) is 0 Å². The first kappa shape index (κ1) is 32.4. The number of hydrogen-bond donors (Lipinski definition) is 0. The molecule has 0 aromatic heterocycles. The van der Waals surface area contributed by atoms with E-state index in [9.17, 15) is 19.2 Å². The minimum Gasteiger partial charge on any atom is -0.465 e. The highest BCUT2D eigenvalue weighted by Crippen LogP contribution is 2.58. The van der Waals surface area contributed by atoms with Crippen LogP contribution in [-0.2, 0) is 38.1 Å². The maximum absolute atomic E-state index is 13.1. The molecule has 40 heavy (non-hydrogen) atoms. The van der Waals surface area contributed by atoms with Gasteiger partial charge >= 0.3 is 23.9 Å². The number of esters is 4. The minimum atomic E-state index is -0.523. The van der Waals surface area contributed by atoms with Crippen LogP contribution in [0.25, 0.3) is 0 Å². The Kier molecular flexibility index (Phi) is 10.7. The SMILES string of the molecule is CC(C)COC(=O)C1CCC(C(=O)OC2C(C)(C)C(OC(=O)C3CCC(C(=O)OCC(C)C)CC3)C2(C)C)CC1. The lowest BCUT2D eigenvalue weighted by atomic mass is 9.51. The zero-order valence-corrected chi connectivity index (χ0v) is 26.0. The van der Waals surface area contributed by atoms with E-state index in [1.165, 1.54) is 0 Å². The molecule has 3 fully saturated rings. The molecule has 0 bridgehead atoms. The molecular weight excluding hydrogens is 512 g/mol. The zero-order valence-electron chi connectivity index (χ0n) is 26.0. The number of carbonyl (C=O) groups is 4. The van der Waals surface area contributed by atoms with Crippen LogP contribution in [0.1, 0.15) is 107 Å². The third-order valence-corrected chi connectivity index (χ3v) is 9.08. The number of carbonyl (C=O) groups excluding carboxylic acids is 4. The average Bonchev–Trinajstić information content (AvgIpc) is 2.91. The van der Waals surface area contributed by atoms with Gasteiger partial charge in [-0.3, -0.25) is 19.2 Å². The van der Waals surface area contributed by atoms with Gasteiger partial charge in [0.25, 0.3) is 0 Å².